The Bertz CT molecular complexity index is 550. The van der Waals surface area contributed by atoms with Gasteiger partial charge < -0.3 is 11.1 Å². The summed E-state index contributed by atoms with van der Waals surface area (Å²) >= 11 is 0. The summed E-state index contributed by atoms with van der Waals surface area (Å²) in [5.41, 5.74) is 8.73. The topological polar surface area (TPSA) is 50.9 Å². The highest BCUT2D eigenvalue weighted by Gasteiger charge is 2.35. The van der Waals surface area contributed by atoms with Crippen molar-refractivity contribution >= 4 is 22.3 Å². The van der Waals surface area contributed by atoms with Crippen molar-refractivity contribution in [3.05, 3.63) is 30.5 Å². The van der Waals surface area contributed by atoms with E-state index in [-0.39, 0.29) is 0 Å². The second kappa shape index (κ2) is 3.91. The molecule has 3 rings (SSSR count). The van der Waals surface area contributed by atoms with Gasteiger partial charge >= 0.3 is 0 Å². The lowest BCUT2D eigenvalue weighted by atomic mass is 10.1. The maximum atomic E-state index is 5.93. The monoisotopic (exact) mass is 227 g/mol. The molecule has 0 spiro atoms. The van der Waals surface area contributed by atoms with E-state index < -0.39 is 0 Å². The van der Waals surface area contributed by atoms with Gasteiger partial charge in [-0.1, -0.05) is 25.5 Å². The van der Waals surface area contributed by atoms with Crippen LogP contribution in [0.5, 0.6) is 0 Å². The Balaban J connectivity index is 1.97. The predicted molar refractivity (Wildman–Crippen MR) is 72.0 cm³/mol. The maximum absolute atomic E-state index is 5.93. The standard InChI is InChI=1S/C14H17N3/c1-2-9-8-13(9)17-12-6-7-16-14-10(12)4-3-5-11(14)15/h3-7,9,13H,2,8,15H2,1H3,(H,16,17). The second-order valence-corrected chi connectivity index (χ2v) is 4.76. The van der Waals surface area contributed by atoms with Crippen LogP contribution in [0.2, 0.25) is 0 Å². The molecular weight excluding hydrogens is 210 g/mol. The third-order valence-corrected chi connectivity index (χ3v) is 3.59. The highest BCUT2D eigenvalue weighted by Crippen LogP contribution is 2.37. The number of nitrogens with one attached hydrogen (secondary N) is 1. The van der Waals surface area contributed by atoms with Gasteiger partial charge in [-0.25, -0.2) is 0 Å². The molecule has 0 bridgehead atoms. The molecule has 3 heteroatoms. The Morgan fingerprint density at radius 1 is 1.41 bits per heavy atom. The minimum absolute atomic E-state index is 0.632. The smallest absolute Gasteiger partial charge is 0.0951 e. The first kappa shape index (κ1) is 10.4. The van der Waals surface area contributed by atoms with Crippen LogP contribution in [0.3, 0.4) is 0 Å². The Morgan fingerprint density at radius 2 is 2.29 bits per heavy atom. The Hall–Kier alpha value is -1.77. The SMILES string of the molecule is CCC1CC1Nc1ccnc2c(N)cccc12. The largest absolute Gasteiger partial charge is 0.397 e. The number of benzene rings is 1. The van der Waals surface area contributed by atoms with Crippen molar-refractivity contribution in [3.63, 3.8) is 0 Å². The summed E-state index contributed by atoms with van der Waals surface area (Å²) in [5, 5.41) is 4.71. The molecule has 1 aromatic carbocycles. The predicted octanol–water partition coefficient (Wildman–Crippen LogP) is 3.03. The summed E-state index contributed by atoms with van der Waals surface area (Å²) < 4.78 is 0. The average Bonchev–Trinajstić information content (AvgIpc) is 3.09. The molecule has 0 saturated heterocycles. The van der Waals surface area contributed by atoms with Gasteiger partial charge in [0.05, 0.1) is 11.2 Å². The van der Waals surface area contributed by atoms with Crippen LogP contribution in [0.15, 0.2) is 30.5 Å². The average molecular weight is 227 g/mol. The fourth-order valence-corrected chi connectivity index (χ4v) is 2.40. The molecule has 1 saturated carbocycles. The van der Waals surface area contributed by atoms with Gasteiger partial charge in [-0.15, -0.1) is 0 Å². The van der Waals surface area contributed by atoms with Gasteiger partial charge in [0.1, 0.15) is 0 Å². The van der Waals surface area contributed by atoms with Crippen LogP contribution >= 0.6 is 0 Å². The van der Waals surface area contributed by atoms with Crippen molar-refractivity contribution in [2.75, 3.05) is 11.1 Å². The lowest BCUT2D eigenvalue weighted by Gasteiger charge is -2.09. The van der Waals surface area contributed by atoms with Crippen molar-refractivity contribution in [1.29, 1.82) is 0 Å². The maximum Gasteiger partial charge on any atom is 0.0951 e. The number of pyridine rings is 1. The highest BCUT2D eigenvalue weighted by molar-refractivity contribution is 5.97. The van der Waals surface area contributed by atoms with E-state index in [0.717, 1.165) is 28.2 Å². The third kappa shape index (κ3) is 1.82. The number of nitrogens with zero attached hydrogens (tertiary/aromatic N) is 1. The number of hydrogen-bond acceptors (Lipinski definition) is 3. The van der Waals surface area contributed by atoms with Crippen molar-refractivity contribution in [2.45, 2.75) is 25.8 Å². The number of anilines is 2. The fraction of sp³-hybridized carbons (Fsp3) is 0.357. The van der Waals surface area contributed by atoms with E-state index in [4.69, 9.17) is 5.73 Å². The van der Waals surface area contributed by atoms with Crippen LogP contribution in [0, 0.1) is 5.92 Å². The highest BCUT2D eigenvalue weighted by atomic mass is 15.0. The lowest BCUT2D eigenvalue weighted by molar-refractivity contribution is 0.775. The normalized spacial score (nSPS) is 22.6. The van der Waals surface area contributed by atoms with Gasteiger partial charge in [0, 0.05) is 23.3 Å². The Kier molecular flexibility index (Phi) is 2.39. The molecule has 1 aromatic heterocycles. The second-order valence-electron chi connectivity index (χ2n) is 4.76. The molecule has 1 heterocycles. The molecule has 17 heavy (non-hydrogen) atoms. The number of rotatable bonds is 3. The van der Waals surface area contributed by atoms with Crippen LogP contribution in [0.4, 0.5) is 11.4 Å². The molecule has 2 unspecified atom stereocenters. The van der Waals surface area contributed by atoms with Gasteiger partial charge in [-0.3, -0.25) is 4.98 Å². The van der Waals surface area contributed by atoms with Crippen LogP contribution in [-0.4, -0.2) is 11.0 Å². The van der Waals surface area contributed by atoms with E-state index in [1.54, 1.807) is 0 Å². The molecule has 2 atom stereocenters. The van der Waals surface area contributed by atoms with Crippen molar-refractivity contribution in [3.8, 4) is 0 Å². The minimum Gasteiger partial charge on any atom is -0.397 e. The summed E-state index contributed by atoms with van der Waals surface area (Å²) in [6, 6.07) is 8.61. The molecule has 3 N–H and O–H groups in total. The van der Waals surface area contributed by atoms with E-state index in [1.165, 1.54) is 12.8 Å². The van der Waals surface area contributed by atoms with Gasteiger partial charge in [0.2, 0.25) is 0 Å². The molecule has 1 aliphatic rings. The van der Waals surface area contributed by atoms with Crippen molar-refractivity contribution < 1.29 is 0 Å². The summed E-state index contributed by atoms with van der Waals surface area (Å²) in [4.78, 5) is 4.34. The number of para-hydroxylation sites is 1. The number of aromatic nitrogens is 1. The molecule has 2 aromatic rings. The molecule has 1 fully saturated rings. The van der Waals surface area contributed by atoms with Crippen LogP contribution in [0.25, 0.3) is 10.9 Å². The molecule has 0 amide bonds. The van der Waals surface area contributed by atoms with Gasteiger partial charge in [-0.2, -0.15) is 0 Å². The lowest BCUT2D eigenvalue weighted by Crippen LogP contribution is -2.05. The zero-order chi connectivity index (χ0) is 11.8. The van der Waals surface area contributed by atoms with Gasteiger partial charge in [0.25, 0.3) is 0 Å². The number of nitrogen functional groups attached to an aromatic ring is 1. The summed E-state index contributed by atoms with van der Waals surface area (Å²) in [6.07, 6.45) is 4.36. The van der Waals surface area contributed by atoms with E-state index in [2.05, 4.69) is 23.3 Å². The summed E-state index contributed by atoms with van der Waals surface area (Å²) in [6.45, 7) is 2.25. The zero-order valence-corrected chi connectivity index (χ0v) is 9.98. The molecule has 0 radical (unpaired) electrons. The molecule has 1 aliphatic carbocycles. The molecule has 0 aliphatic heterocycles. The van der Waals surface area contributed by atoms with Gasteiger partial charge in [0.15, 0.2) is 0 Å². The first-order valence-electron chi connectivity index (χ1n) is 6.19. The van der Waals surface area contributed by atoms with Gasteiger partial charge in [-0.05, 0) is 24.5 Å². The molecular formula is C14H17N3. The van der Waals surface area contributed by atoms with E-state index in [9.17, 15) is 0 Å². The minimum atomic E-state index is 0.632. The van der Waals surface area contributed by atoms with Crippen molar-refractivity contribution in [1.82, 2.24) is 4.98 Å². The quantitative estimate of drug-likeness (QED) is 0.792. The third-order valence-electron chi connectivity index (χ3n) is 3.59. The Labute approximate surface area is 101 Å². The fourth-order valence-electron chi connectivity index (χ4n) is 2.40. The van der Waals surface area contributed by atoms with E-state index in [0.29, 0.717) is 6.04 Å². The summed E-state index contributed by atoms with van der Waals surface area (Å²) in [5.74, 6) is 0.833. The molecule has 3 nitrogen and oxygen atoms in total. The zero-order valence-electron chi connectivity index (χ0n) is 9.98. The Morgan fingerprint density at radius 3 is 3.06 bits per heavy atom. The van der Waals surface area contributed by atoms with E-state index >= 15 is 0 Å². The van der Waals surface area contributed by atoms with Crippen molar-refractivity contribution in [2.24, 2.45) is 5.92 Å². The van der Waals surface area contributed by atoms with Crippen LogP contribution in [0.1, 0.15) is 19.8 Å². The molecule has 88 valence electrons. The van der Waals surface area contributed by atoms with E-state index in [1.807, 2.05) is 24.4 Å². The first-order valence-corrected chi connectivity index (χ1v) is 6.19. The first-order chi connectivity index (χ1) is 8.29. The van der Waals surface area contributed by atoms with Crippen LogP contribution in [-0.2, 0) is 0 Å². The summed E-state index contributed by atoms with van der Waals surface area (Å²) in [7, 11) is 0. The number of fused-ring (bicyclic) bond motifs is 1. The number of nitrogens with two attached hydrogens (primary N) is 1. The number of hydrogen-bond donors (Lipinski definition) is 2. The van der Waals surface area contributed by atoms with Crippen LogP contribution < -0.4 is 11.1 Å².